The van der Waals surface area contributed by atoms with Gasteiger partial charge in [0.25, 0.3) is 0 Å². The maximum atomic E-state index is 11.2. The highest BCUT2D eigenvalue weighted by molar-refractivity contribution is 5.82. The monoisotopic (exact) mass is 534 g/mol. The van der Waals surface area contributed by atoms with Crippen molar-refractivity contribution in [1.82, 2.24) is 15.0 Å². The van der Waals surface area contributed by atoms with Crippen molar-refractivity contribution in [2.24, 2.45) is 0 Å². The van der Waals surface area contributed by atoms with Crippen LogP contribution in [0.5, 0.6) is 0 Å². The Labute approximate surface area is 238 Å². The van der Waals surface area contributed by atoms with Gasteiger partial charge in [-0.25, -0.2) is 4.98 Å². The Bertz CT molecular complexity index is 1700. The molecule has 0 fully saturated rings. The summed E-state index contributed by atoms with van der Waals surface area (Å²) >= 11 is 0. The number of rotatable bonds is 8. The summed E-state index contributed by atoms with van der Waals surface area (Å²) in [5, 5.41) is 9.52. The van der Waals surface area contributed by atoms with Crippen LogP contribution in [0.1, 0.15) is 15.9 Å². The molecule has 3 aromatic carbocycles. The molecule has 0 aliphatic carbocycles. The Morgan fingerprint density at radius 3 is 1.56 bits per heavy atom. The lowest BCUT2D eigenvalue weighted by Gasteiger charge is -2.26. The van der Waals surface area contributed by atoms with E-state index in [1.165, 1.54) is 0 Å². The number of benzene rings is 3. The van der Waals surface area contributed by atoms with Gasteiger partial charge < -0.3 is 10.0 Å². The molecular weight excluding hydrogens is 508 g/mol. The first-order chi connectivity index (χ1) is 20.2. The van der Waals surface area contributed by atoms with E-state index in [2.05, 4.69) is 39.1 Å². The minimum absolute atomic E-state index is 0.0179. The predicted molar refractivity (Wildman–Crippen MR) is 162 cm³/mol. The number of aliphatic hydroxyl groups excluding tert-OH is 1. The molecule has 198 valence electrons. The van der Waals surface area contributed by atoms with Crippen molar-refractivity contribution in [2.45, 2.75) is 6.61 Å². The zero-order chi connectivity index (χ0) is 28.0. The molecule has 3 heterocycles. The van der Waals surface area contributed by atoms with E-state index in [4.69, 9.17) is 4.98 Å². The number of hydrogen-bond acceptors (Lipinski definition) is 6. The normalized spacial score (nSPS) is 10.8. The summed E-state index contributed by atoms with van der Waals surface area (Å²) in [6.07, 6.45) is 4.37. The smallest absolute Gasteiger partial charge is 0.150 e. The van der Waals surface area contributed by atoms with Crippen LogP contribution in [-0.4, -0.2) is 26.3 Å². The molecule has 6 aromatic rings. The number of aldehydes is 1. The van der Waals surface area contributed by atoms with Crippen LogP contribution in [0.25, 0.3) is 33.9 Å². The lowest BCUT2D eigenvalue weighted by molar-refractivity contribution is 0.112. The second-order valence-electron chi connectivity index (χ2n) is 9.47. The molecule has 0 atom stereocenters. The fourth-order valence-electron chi connectivity index (χ4n) is 4.69. The average molecular weight is 535 g/mol. The largest absolute Gasteiger partial charge is 0.392 e. The van der Waals surface area contributed by atoms with E-state index >= 15 is 0 Å². The van der Waals surface area contributed by atoms with Crippen molar-refractivity contribution in [3.05, 3.63) is 145 Å². The number of pyridine rings is 3. The zero-order valence-corrected chi connectivity index (χ0v) is 22.1. The molecule has 3 aromatic heterocycles. The number of carbonyl (C=O) groups is 1. The number of hydrogen-bond donors (Lipinski definition) is 1. The summed E-state index contributed by atoms with van der Waals surface area (Å²) in [7, 11) is 0. The minimum Gasteiger partial charge on any atom is -0.392 e. The topological polar surface area (TPSA) is 79.2 Å². The first-order valence-electron chi connectivity index (χ1n) is 13.2. The molecule has 0 radical (unpaired) electrons. The van der Waals surface area contributed by atoms with E-state index in [-0.39, 0.29) is 6.61 Å². The summed E-state index contributed by atoms with van der Waals surface area (Å²) in [6.45, 7) is -0.0179. The molecule has 6 rings (SSSR count). The van der Waals surface area contributed by atoms with E-state index in [9.17, 15) is 9.90 Å². The van der Waals surface area contributed by atoms with Crippen LogP contribution in [0.15, 0.2) is 134 Å². The highest BCUT2D eigenvalue weighted by Crippen LogP contribution is 2.36. The third-order valence-corrected chi connectivity index (χ3v) is 6.80. The van der Waals surface area contributed by atoms with Crippen LogP contribution in [0.4, 0.5) is 17.1 Å². The Kier molecular flexibility index (Phi) is 7.38. The van der Waals surface area contributed by atoms with E-state index < -0.39 is 0 Å². The number of aromatic nitrogens is 3. The van der Waals surface area contributed by atoms with Crippen molar-refractivity contribution in [2.75, 3.05) is 4.90 Å². The molecule has 0 saturated heterocycles. The summed E-state index contributed by atoms with van der Waals surface area (Å²) in [5.41, 5.74) is 9.41. The predicted octanol–water partition coefficient (Wildman–Crippen LogP) is 7.65. The standard InChI is InChI=1S/C35H26N4O2/c40-23-25-7-13-29(14-8-25)39(30-15-9-26(24-41)10-16-30)31-17-11-27(12-18-31)28-21-34(32-5-1-3-19-36-32)38-35(22-28)33-6-2-4-20-37-33/h1-23,41H,24H2. The number of nitrogens with zero attached hydrogens (tertiary/aromatic N) is 4. The number of aliphatic hydroxyl groups is 1. The number of anilines is 3. The highest BCUT2D eigenvalue weighted by Gasteiger charge is 2.14. The molecule has 6 heteroatoms. The second kappa shape index (κ2) is 11.7. The minimum atomic E-state index is -0.0179. The van der Waals surface area contributed by atoms with E-state index in [0.717, 1.165) is 62.8 Å². The fraction of sp³-hybridized carbons (Fsp3) is 0.0286. The van der Waals surface area contributed by atoms with Crippen molar-refractivity contribution >= 4 is 23.3 Å². The van der Waals surface area contributed by atoms with Gasteiger partial charge in [0, 0.05) is 35.0 Å². The van der Waals surface area contributed by atoms with Gasteiger partial charge in [0.05, 0.1) is 29.4 Å². The van der Waals surface area contributed by atoms with Crippen LogP contribution in [0.3, 0.4) is 0 Å². The van der Waals surface area contributed by atoms with E-state index in [0.29, 0.717) is 5.56 Å². The van der Waals surface area contributed by atoms with Crippen LogP contribution in [-0.2, 0) is 6.61 Å². The molecule has 0 aliphatic heterocycles. The molecule has 41 heavy (non-hydrogen) atoms. The molecule has 6 nitrogen and oxygen atoms in total. The van der Waals surface area contributed by atoms with Gasteiger partial charge in [-0.3, -0.25) is 14.8 Å². The summed E-state index contributed by atoms with van der Waals surface area (Å²) in [5.74, 6) is 0. The van der Waals surface area contributed by atoms with Crippen molar-refractivity contribution in [3.8, 4) is 33.9 Å². The van der Waals surface area contributed by atoms with Crippen LogP contribution in [0.2, 0.25) is 0 Å². The molecule has 0 bridgehead atoms. The fourth-order valence-corrected chi connectivity index (χ4v) is 4.69. The van der Waals surface area contributed by atoms with Gasteiger partial charge in [-0.1, -0.05) is 36.4 Å². The van der Waals surface area contributed by atoms with E-state index in [1.54, 1.807) is 24.5 Å². The Balaban J connectivity index is 1.42. The zero-order valence-electron chi connectivity index (χ0n) is 22.1. The molecule has 0 spiro atoms. The summed E-state index contributed by atoms with van der Waals surface area (Å²) in [4.78, 5) is 27.3. The maximum absolute atomic E-state index is 11.2. The molecule has 1 N–H and O–H groups in total. The summed E-state index contributed by atoms with van der Waals surface area (Å²) < 4.78 is 0. The van der Waals surface area contributed by atoms with Gasteiger partial charge in [-0.15, -0.1) is 0 Å². The van der Waals surface area contributed by atoms with Crippen LogP contribution < -0.4 is 4.90 Å². The average Bonchev–Trinajstić information content (AvgIpc) is 3.06. The van der Waals surface area contributed by atoms with E-state index in [1.807, 2.05) is 84.9 Å². The third-order valence-electron chi connectivity index (χ3n) is 6.80. The van der Waals surface area contributed by atoms with Gasteiger partial charge in [-0.05, 0) is 102 Å². The first kappa shape index (κ1) is 25.8. The lowest BCUT2D eigenvalue weighted by Crippen LogP contribution is -2.10. The van der Waals surface area contributed by atoms with Crippen molar-refractivity contribution in [1.29, 1.82) is 0 Å². The third kappa shape index (κ3) is 5.64. The Morgan fingerprint density at radius 2 is 1.10 bits per heavy atom. The highest BCUT2D eigenvalue weighted by atomic mass is 16.3. The lowest BCUT2D eigenvalue weighted by atomic mass is 10.0. The first-order valence-corrected chi connectivity index (χ1v) is 13.2. The van der Waals surface area contributed by atoms with Gasteiger partial charge in [-0.2, -0.15) is 0 Å². The van der Waals surface area contributed by atoms with Gasteiger partial charge in [0.2, 0.25) is 0 Å². The van der Waals surface area contributed by atoms with Gasteiger partial charge in [0.15, 0.2) is 0 Å². The van der Waals surface area contributed by atoms with Crippen molar-refractivity contribution < 1.29 is 9.90 Å². The molecular formula is C35H26N4O2. The Hall–Kier alpha value is -5.46. The van der Waals surface area contributed by atoms with Gasteiger partial charge in [0.1, 0.15) is 6.29 Å². The summed E-state index contributed by atoms with van der Waals surface area (Å²) in [6, 6.07) is 39.3. The molecule has 0 saturated carbocycles. The SMILES string of the molecule is O=Cc1ccc(N(c2ccc(CO)cc2)c2ccc(-c3cc(-c4ccccn4)nc(-c4ccccn4)c3)cc2)cc1. The van der Waals surface area contributed by atoms with Gasteiger partial charge >= 0.3 is 0 Å². The van der Waals surface area contributed by atoms with Crippen LogP contribution >= 0.6 is 0 Å². The molecule has 0 unspecified atom stereocenters. The van der Waals surface area contributed by atoms with Crippen molar-refractivity contribution in [3.63, 3.8) is 0 Å². The van der Waals surface area contributed by atoms with Crippen LogP contribution in [0, 0.1) is 0 Å². The maximum Gasteiger partial charge on any atom is 0.150 e. The quantitative estimate of drug-likeness (QED) is 0.202. The molecule has 0 aliphatic rings. The second-order valence-corrected chi connectivity index (χ2v) is 9.47. The molecule has 0 amide bonds. The Morgan fingerprint density at radius 1 is 0.585 bits per heavy atom. The number of carbonyl (C=O) groups excluding carboxylic acids is 1.